The van der Waals surface area contributed by atoms with Crippen molar-refractivity contribution in [1.29, 1.82) is 0 Å². The van der Waals surface area contributed by atoms with Gasteiger partial charge < -0.3 is 4.74 Å². The molecule has 6 heteroatoms. The van der Waals surface area contributed by atoms with Gasteiger partial charge in [-0.2, -0.15) is 0 Å². The molecule has 2 aromatic rings. The largest absolute Gasteiger partial charge is 0.457 e. The molecule has 0 fully saturated rings. The fraction of sp³-hybridized carbons (Fsp3) is 0.500. The van der Waals surface area contributed by atoms with E-state index in [0.717, 1.165) is 44.6 Å². The maximum atomic E-state index is 12.1. The van der Waals surface area contributed by atoms with Crippen LogP contribution >= 0.6 is 0 Å². The van der Waals surface area contributed by atoms with Crippen molar-refractivity contribution in [2.45, 2.75) is 66.5 Å². The van der Waals surface area contributed by atoms with Gasteiger partial charge in [0.15, 0.2) is 0 Å². The van der Waals surface area contributed by atoms with Gasteiger partial charge in [-0.15, -0.1) is 0 Å². The Balaban J connectivity index is 0.00000155. The van der Waals surface area contributed by atoms with Crippen LogP contribution in [0.25, 0.3) is 0 Å². The van der Waals surface area contributed by atoms with E-state index < -0.39 is 10.0 Å². The van der Waals surface area contributed by atoms with Crippen LogP contribution in [0.5, 0.6) is 11.5 Å². The van der Waals surface area contributed by atoms with Gasteiger partial charge in [0.1, 0.15) is 11.5 Å². The third-order valence-corrected chi connectivity index (χ3v) is 6.29. The smallest absolute Gasteiger partial charge is 0.232 e. The van der Waals surface area contributed by atoms with Crippen molar-refractivity contribution in [2.24, 2.45) is 0 Å². The summed E-state index contributed by atoms with van der Waals surface area (Å²) >= 11 is 0. The summed E-state index contributed by atoms with van der Waals surface area (Å²) < 4.78 is 33.0. The van der Waals surface area contributed by atoms with Gasteiger partial charge in [-0.05, 0) is 55.3 Å². The van der Waals surface area contributed by atoms with Gasteiger partial charge in [-0.3, -0.25) is 9.62 Å². The third-order valence-electron chi connectivity index (χ3n) is 4.92. The van der Waals surface area contributed by atoms with E-state index in [1.54, 1.807) is 12.1 Å². The van der Waals surface area contributed by atoms with Crippen LogP contribution in [0.15, 0.2) is 42.5 Å². The summed E-state index contributed by atoms with van der Waals surface area (Å²) in [6.45, 7) is 11.2. The molecule has 30 heavy (non-hydrogen) atoms. The van der Waals surface area contributed by atoms with Crippen LogP contribution in [0.1, 0.15) is 64.5 Å². The van der Waals surface area contributed by atoms with Crippen LogP contribution in [0.3, 0.4) is 0 Å². The molecule has 1 aliphatic rings. The Kier molecular flexibility index (Phi) is 9.66. The number of benzene rings is 2. The molecule has 1 aliphatic heterocycles. The average molecular weight is 433 g/mol. The van der Waals surface area contributed by atoms with Crippen LogP contribution in [0.4, 0.5) is 5.69 Å². The van der Waals surface area contributed by atoms with Gasteiger partial charge in [0.25, 0.3) is 0 Å². The van der Waals surface area contributed by atoms with E-state index >= 15 is 0 Å². The van der Waals surface area contributed by atoms with Gasteiger partial charge in [0.05, 0.1) is 5.75 Å². The first-order chi connectivity index (χ1) is 14.5. The fourth-order valence-corrected chi connectivity index (χ4v) is 4.70. The van der Waals surface area contributed by atoms with E-state index in [2.05, 4.69) is 29.5 Å². The monoisotopic (exact) mass is 432 g/mol. The predicted octanol–water partition coefficient (Wildman–Crippen LogP) is 6.16. The zero-order valence-electron chi connectivity index (χ0n) is 18.8. The van der Waals surface area contributed by atoms with E-state index in [1.165, 1.54) is 11.1 Å². The Hall–Kier alpha value is -2.05. The Labute approximate surface area is 182 Å². The van der Waals surface area contributed by atoms with Gasteiger partial charge >= 0.3 is 0 Å². The minimum atomic E-state index is -3.29. The number of nitrogens with one attached hydrogen (secondary N) is 1. The van der Waals surface area contributed by atoms with E-state index in [9.17, 15) is 8.42 Å². The average Bonchev–Trinajstić information content (AvgIpc) is 3.15. The minimum Gasteiger partial charge on any atom is -0.457 e. The third kappa shape index (κ3) is 7.03. The van der Waals surface area contributed by atoms with Crippen molar-refractivity contribution in [3.8, 4) is 11.5 Å². The summed E-state index contributed by atoms with van der Waals surface area (Å²) in [4.78, 5) is 2.42. The summed E-state index contributed by atoms with van der Waals surface area (Å²) in [6, 6.07) is 13.3. The first kappa shape index (κ1) is 24.2. The highest BCUT2D eigenvalue weighted by Gasteiger charge is 2.21. The first-order valence-electron chi connectivity index (χ1n) is 11.1. The molecule has 0 saturated heterocycles. The molecule has 3 rings (SSSR count). The lowest BCUT2D eigenvalue weighted by molar-refractivity contribution is 0.283. The number of rotatable bonds is 10. The highest BCUT2D eigenvalue weighted by atomic mass is 32.2. The molecule has 0 unspecified atom stereocenters. The number of unbranched alkanes of at least 4 members (excludes halogenated alkanes) is 2. The second-order valence-corrected chi connectivity index (χ2v) is 9.20. The number of hydrogen-bond donors (Lipinski definition) is 1. The first-order valence-corrected chi connectivity index (χ1v) is 12.8. The Bertz CT molecular complexity index is 880. The molecule has 0 amide bonds. The molecule has 1 N–H and O–H groups in total. The maximum absolute atomic E-state index is 12.1. The van der Waals surface area contributed by atoms with Crippen molar-refractivity contribution < 1.29 is 13.2 Å². The summed E-state index contributed by atoms with van der Waals surface area (Å²) in [7, 11) is -3.29. The van der Waals surface area contributed by atoms with Gasteiger partial charge in [0.2, 0.25) is 10.0 Å². The molecular formula is C24H36N2O3S. The summed E-state index contributed by atoms with van der Waals surface area (Å²) in [5.41, 5.74) is 3.13. The Morgan fingerprint density at radius 2 is 1.70 bits per heavy atom. The van der Waals surface area contributed by atoms with Gasteiger partial charge in [-0.25, -0.2) is 8.42 Å². The van der Waals surface area contributed by atoms with Crippen molar-refractivity contribution in [2.75, 3.05) is 17.0 Å². The predicted molar refractivity (Wildman–Crippen MR) is 126 cm³/mol. The topological polar surface area (TPSA) is 58.6 Å². The SMILES string of the molecule is CC.CCCCCS(=O)(=O)Nc1ccc(Oc2cccc3c2CN(CCC)C3)cc1. The lowest BCUT2D eigenvalue weighted by Gasteiger charge is -2.13. The molecular weight excluding hydrogens is 396 g/mol. The second-order valence-electron chi connectivity index (χ2n) is 7.36. The highest BCUT2D eigenvalue weighted by molar-refractivity contribution is 7.92. The number of fused-ring (bicyclic) bond motifs is 1. The van der Waals surface area contributed by atoms with Gasteiger partial charge in [0, 0.05) is 24.3 Å². The molecule has 0 radical (unpaired) electrons. The number of anilines is 1. The van der Waals surface area contributed by atoms with Crippen LogP contribution in [0, 0.1) is 0 Å². The molecule has 0 spiro atoms. The zero-order chi connectivity index (χ0) is 22.0. The molecule has 2 aromatic carbocycles. The molecule has 166 valence electrons. The van der Waals surface area contributed by atoms with Crippen molar-refractivity contribution in [3.63, 3.8) is 0 Å². The summed E-state index contributed by atoms with van der Waals surface area (Å²) in [5.74, 6) is 1.74. The zero-order valence-corrected chi connectivity index (χ0v) is 19.6. The van der Waals surface area contributed by atoms with Crippen LogP contribution < -0.4 is 9.46 Å². The van der Waals surface area contributed by atoms with Crippen LogP contribution in [0.2, 0.25) is 0 Å². The fourth-order valence-electron chi connectivity index (χ4n) is 3.52. The second kappa shape index (κ2) is 12.0. The molecule has 0 bridgehead atoms. The number of nitrogens with zero attached hydrogens (tertiary/aromatic N) is 1. The molecule has 1 heterocycles. The molecule has 0 aromatic heterocycles. The molecule has 0 saturated carbocycles. The maximum Gasteiger partial charge on any atom is 0.232 e. The Morgan fingerprint density at radius 1 is 0.967 bits per heavy atom. The molecule has 0 atom stereocenters. The molecule has 5 nitrogen and oxygen atoms in total. The molecule has 0 aliphatic carbocycles. The van der Waals surface area contributed by atoms with Crippen LogP contribution in [-0.2, 0) is 23.1 Å². The van der Waals surface area contributed by atoms with Gasteiger partial charge in [-0.1, -0.05) is 52.7 Å². The van der Waals surface area contributed by atoms with E-state index in [-0.39, 0.29) is 5.75 Å². The summed E-state index contributed by atoms with van der Waals surface area (Å²) in [6.07, 6.45) is 3.74. The highest BCUT2D eigenvalue weighted by Crippen LogP contribution is 2.34. The summed E-state index contributed by atoms with van der Waals surface area (Å²) in [5, 5.41) is 0. The van der Waals surface area contributed by atoms with Crippen molar-refractivity contribution in [1.82, 2.24) is 4.90 Å². The van der Waals surface area contributed by atoms with Crippen molar-refractivity contribution >= 4 is 15.7 Å². The van der Waals surface area contributed by atoms with E-state index in [1.807, 2.05) is 38.1 Å². The lowest BCUT2D eigenvalue weighted by Crippen LogP contribution is -2.16. The van der Waals surface area contributed by atoms with Crippen LogP contribution in [-0.4, -0.2) is 25.6 Å². The number of ether oxygens (including phenoxy) is 1. The standard InChI is InChI=1S/C22H30N2O3S.C2H6/c1-3-5-6-15-28(25,26)23-19-10-12-20(13-11-19)27-22-9-7-8-18-16-24(14-4-2)17-21(18)22;1-2/h7-13,23H,3-6,14-17H2,1-2H3;1-2H3. The normalized spacial score (nSPS) is 13.3. The number of hydrogen-bond acceptors (Lipinski definition) is 4. The van der Waals surface area contributed by atoms with E-state index in [4.69, 9.17) is 4.74 Å². The van der Waals surface area contributed by atoms with E-state index in [0.29, 0.717) is 17.9 Å². The Morgan fingerprint density at radius 3 is 2.37 bits per heavy atom. The number of sulfonamides is 1. The lowest BCUT2D eigenvalue weighted by atomic mass is 10.1. The quantitative estimate of drug-likeness (QED) is 0.457. The minimum absolute atomic E-state index is 0.156. The van der Waals surface area contributed by atoms with Crippen molar-refractivity contribution in [3.05, 3.63) is 53.6 Å².